The molecule has 0 spiro atoms. The van der Waals surface area contributed by atoms with Crippen molar-refractivity contribution in [2.24, 2.45) is 5.41 Å². The van der Waals surface area contributed by atoms with E-state index in [0.29, 0.717) is 22.8 Å². The molecule has 1 N–H and O–H groups in total. The molecule has 0 saturated heterocycles. The van der Waals surface area contributed by atoms with Gasteiger partial charge in [-0.15, -0.1) is 0 Å². The van der Waals surface area contributed by atoms with Crippen molar-refractivity contribution in [3.63, 3.8) is 0 Å². The molecule has 3 aromatic rings. The van der Waals surface area contributed by atoms with Gasteiger partial charge in [0.25, 0.3) is 0 Å². The molecule has 2 aromatic carbocycles. The van der Waals surface area contributed by atoms with Crippen LogP contribution in [0.3, 0.4) is 0 Å². The summed E-state index contributed by atoms with van der Waals surface area (Å²) in [6.45, 7) is 5.80. The minimum atomic E-state index is -0.485. The number of aldehydes is 1. The number of hydrogen-bond acceptors (Lipinski definition) is 3. The lowest BCUT2D eigenvalue weighted by atomic mass is 9.86. The Balaban J connectivity index is 2.20. The molecule has 0 aliphatic heterocycles. The van der Waals surface area contributed by atoms with E-state index >= 15 is 0 Å². The third-order valence-corrected chi connectivity index (χ3v) is 5.48. The van der Waals surface area contributed by atoms with Crippen LogP contribution in [0.4, 0.5) is 4.39 Å². The maximum atomic E-state index is 14.3. The summed E-state index contributed by atoms with van der Waals surface area (Å²) in [6, 6.07) is 9.74. The summed E-state index contributed by atoms with van der Waals surface area (Å²) in [5.74, 6) is -0.485. The third kappa shape index (κ3) is 4.11. The van der Waals surface area contributed by atoms with Gasteiger partial charge in [0.2, 0.25) is 0 Å². The highest BCUT2D eigenvalue weighted by Gasteiger charge is 2.27. The first-order valence-electron chi connectivity index (χ1n) is 9.34. The van der Waals surface area contributed by atoms with Crippen molar-refractivity contribution in [1.29, 1.82) is 0 Å². The van der Waals surface area contributed by atoms with E-state index in [0.717, 1.165) is 5.56 Å². The van der Waals surface area contributed by atoms with Crippen LogP contribution in [0.2, 0.25) is 5.02 Å². The van der Waals surface area contributed by atoms with Crippen LogP contribution >= 0.6 is 11.6 Å². The van der Waals surface area contributed by atoms with Crippen LogP contribution < -0.4 is 5.43 Å². The number of hydrogen-bond donors (Lipinski definition) is 1. The highest BCUT2D eigenvalue weighted by atomic mass is 35.5. The van der Waals surface area contributed by atoms with Crippen molar-refractivity contribution in [2.45, 2.75) is 33.2 Å². The minimum Gasteiger partial charge on any atom is -0.394 e. The van der Waals surface area contributed by atoms with Crippen LogP contribution in [0.1, 0.15) is 48.3 Å². The second kappa shape index (κ2) is 8.09. The van der Waals surface area contributed by atoms with Gasteiger partial charge in [-0.05, 0) is 34.7 Å². The minimum absolute atomic E-state index is 0.0197. The van der Waals surface area contributed by atoms with Crippen LogP contribution in [-0.2, 0) is 6.42 Å². The van der Waals surface area contributed by atoms with Crippen molar-refractivity contribution in [2.75, 3.05) is 6.61 Å². The molecule has 1 heterocycles. The van der Waals surface area contributed by atoms with Crippen molar-refractivity contribution in [3.8, 4) is 0 Å². The number of carbonyl (C=O) groups is 1. The quantitative estimate of drug-likeness (QED) is 0.610. The SMILES string of the molecule is CC(C)(C)[C@@H](CO)n1cc(C=O)c(=O)c2cc(Cc3cccc(Cl)c3F)ccc21. The first-order valence-corrected chi connectivity index (χ1v) is 9.72. The number of halogens is 2. The number of fused-ring (bicyclic) bond motifs is 1. The molecule has 6 heteroatoms. The average Bonchev–Trinajstić information content (AvgIpc) is 2.67. The number of aliphatic hydroxyl groups is 1. The molecule has 0 unspecified atom stereocenters. The fraction of sp³-hybridized carbons (Fsp3) is 0.304. The zero-order chi connectivity index (χ0) is 21.3. The van der Waals surface area contributed by atoms with Gasteiger partial charge in [0.15, 0.2) is 11.7 Å². The van der Waals surface area contributed by atoms with E-state index < -0.39 is 5.82 Å². The Kier molecular flexibility index (Phi) is 5.92. The lowest BCUT2D eigenvalue weighted by Gasteiger charge is -2.32. The fourth-order valence-corrected chi connectivity index (χ4v) is 3.75. The largest absolute Gasteiger partial charge is 0.394 e. The third-order valence-electron chi connectivity index (χ3n) is 5.19. The summed E-state index contributed by atoms with van der Waals surface area (Å²) in [6.07, 6.45) is 2.29. The predicted molar refractivity (Wildman–Crippen MR) is 113 cm³/mol. The van der Waals surface area contributed by atoms with Crippen molar-refractivity contribution < 1.29 is 14.3 Å². The molecule has 0 fully saturated rings. The molecule has 4 nitrogen and oxygen atoms in total. The lowest BCUT2D eigenvalue weighted by molar-refractivity contribution is 0.111. The number of aromatic nitrogens is 1. The summed E-state index contributed by atoms with van der Waals surface area (Å²) >= 11 is 5.86. The van der Waals surface area contributed by atoms with Crippen LogP contribution in [0.5, 0.6) is 0 Å². The van der Waals surface area contributed by atoms with Gasteiger partial charge in [0.05, 0.1) is 28.8 Å². The Labute approximate surface area is 173 Å². The average molecular weight is 416 g/mol. The van der Waals surface area contributed by atoms with Gasteiger partial charge in [0, 0.05) is 18.0 Å². The summed E-state index contributed by atoms with van der Waals surface area (Å²) in [4.78, 5) is 24.3. The molecule has 1 aromatic heterocycles. The van der Waals surface area contributed by atoms with E-state index in [9.17, 15) is 19.1 Å². The van der Waals surface area contributed by atoms with Gasteiger partial charge in [-0.25, -0.2) is 4.39 Å². The van der Waals surface area contributed by atoms with Gasteiger partial charge in [0.1, 0.15) is 5.82 Å². The zero-order valence-electron chi connectivity index (χ0n) is 16.6. The molecular formula is C23H23ClFNO3. The molecular weight excluding hydrogens is 393 g/mol. The number of aliphatic hydroxyl groups excluding tert-OH is 1. The van der Waals surface area contributed by atoms with Crippen LogP contribution in [0, 0.1) is 11.2 Å². The molecule has 1 atom stereocenters. The summed E-state index contributed by atoms with van der Waals surface area (Å²) in [5.41, 5.74) is 1.09. The number of rotatable bonds is 5. The van der Waals surface area contributed by atoms with E-state index in [1.165, 1.54) is 12.3 Å². The second-order valence-electron chi connectivity index (χ2n) is 8.24. The van der Waals surface area contributed by atoms with Gasteiger partial charge >= 0.3 is 0 Å². The van der Waals surface area contributed by atoms with Crippen LogP contribution in [-0.4, -0.2) is 22.6 Å². The van der Waals surface area contributed by atoms with Gasteiger partial charge in [-0.2, -0.15) is 0 Å². The maximum Gasteiger partial charge on any atom is 0.199 e. The first-order chi connectivity index (χ1) is 13.7. The van der Waals surface area contributed by atoms with E-state index in [4.69, 9.17) is 11.6 Å². The first kappa shape index (κ1) is 21.2. The van der Waals surface area contributed by atoms with Crippen molar-refractivity contribution in [3.05, 3.63) is 80.3 Å². The molecule has 0 bridgehead atoms. The number of nitrogens with zero attached hydrogens (tertiary/aromatic N) is 1. The highest BCUT2D eigenvalue weighted by molar-refractivity contribution is 6.30. The van der Waals surface area contributed by atoms with Gasteiger partial charge in [-0.1, -0.05) is 50.6 Å². The predicted octanol–water partition coefficient (Wildman–Crippen LogP) is 4.78. The second-order valence-corrected chi connectivity index (χ2v) is 8.65. The van der Waals surface area contributed by atoms with E-state index in [1.54, 1.807) is 28.8 Å². The Morgan fingerprint density at radius 3 is 2.59 bits per heavy atom. The van der Waals surface area contributed by atoms with Gasteiger partial charge in [-0.3, -0.25) is 9.59 Å². The Morgan fingerprint density at radius 2 is 1.97 bits per heavy atom. The number of benzene rings is 2. The molecule has 0 aliphatic carbocycles. The molecule has 3 rings (SSSR count). The molecule has 0 radical (unpaired) electrons. The van der Waals surface area contributed by atoms with E-state index in [1.807, 2.05) is 26.8 Å². The summed E-state index contributed by atoms with van der Waals surface area (Å²) in [7, 11) is 0. The highest BCUT2D eigenvalue weighted by Crippen LogP contribution is 2.32. The number of carbonyl (C=O) groups excluding carboxylic acids is 1. The van der Waals surface area contributed by atoms with Gasteiger partial charge < -0.3 is 9.67 Å². The fourth-order valence-electron chi connectivity index (χ4n) is 3.56. The summed E-state index contributed by atoms with van der Waals surface area (Å²) < 4.78 is 16.1. The zero-order valence-corrected chi connectivity index (χ0v) is 17.3. The topological polar surface area (TPSA) is 59.3 Å². The molecule has 152 valence electrons. The molecule has 0 saturated carbocycles. The Hall–Kier alpha value is -2.50. The smallest absolute Gasteiger partial charge is 0.199 e. The molecule has 29 heavy (non-hydrogen) atoms. The number of pyridine rings is 1. The van der Waals surface area contributed by atoms with Crippen LogP contribution in [0.25, 0.3) is 10.9 Å². The normalized spacial score (nSPS) is 12.9. The monoisotopic (exact) mass is 415 g/mol. The molecule has 0 amide bonds. The standard InChI is InChI=1S/C23H23ClFNO3/c1-23(2,3)20(13-28)26-11-16(12-27)22(29)17-10-14(7-8-19(17)26)9-15-5-4-6-18(24)21(15)25/h4-8,10-12,20,28H,9,13H2,1-3H3/t20-/m1/s1. The van der Waals surface area contributed by atoms with Crippen LogP contribution in [0.15, 0.2) is 47.4 Å². The summed E-state index contributed by atoms with van der Waals surface area (Å²) in [5, 5.41) is 10.4. The van der Waals surface area contributed by atoms with E-state index in [2.05, 4.69) is 0 Å². The van der Waals surface area contributed by atoms with E-state index in [-0.39, 0.29) is 40.5 Å². The Morgan fingerprint density at radius 1 is 1.24 bits per heavy atom. The maximum absolute atomic E-state index is 14.3. The lowest BCUT2D eigenvalue weighted by Crippen LogP contribution is -2.29. The Bertz CT molecular complexity index is 1130. The van der Waals surface area contributed by atoms with Crippen molar-refractivity contribution >= 4 is 28.8 Å². The molecule has 0 aliphatic rings. The van der Waals surface area contributed by atoms with Crippen molar-refractivity contribution in [1.82, 2.24) is 4.57 Å².